The molecule has 2 atom stereocenters. The minimum Gasteiger partial charge on any atom is -0.462 e. The Morgan fingerprint density at radius 1 is 0.409 bits per heavy atom. The molecule has 0 aliphatic rings. The number of unbranched alkanes of at least 4 members (excludes halogenated alkanes) is 36. The highest BCUT2D eigenvalue weighted by molar-refractivity contribution is 7.99. The quantitative estimate of drug-likeness (QED) is 0.0479. The summed E-state index contributed by atoms with van der Waals surface area (Å²) in [6, 6.07) is -0.635. The van der Waals surface area contributed by atoms with Gasteiger partial charge in [-0.1, -0.05) is 273 Å². The molecule has 0 saturated heterocycles. The van der Waals surface area contributed by atoms with E-state index in [0.29, 0.717) is 30.8 Å². The van der Waals surface area contributed by atoms with E-state index >= 15 is 0 Å². The smallest absolute Gasteiger partial charge is 0.306 e. The average Bonchev–Trinajstić information content (AvgIpc) is 3.29. The van der Waals surface area contributed by atoms with Crippen LogP contribution in [0.4, 0.5) is 0 Å². The normalized spacial score (nSPS) is 12.6. The zero-order valence-electron chi connectivity index (χ0n) is 44.8. The summed E-state index contributed by atoms with van der Waals surface area (Å²) >= 11 is 1.48. The summed E-state index contributed by atoms with van der Waals surface area (Å²) in [5.74, 6) is 0.170. The maximum Gasteiger partial charge on any atom is 0.306 e. The molecule has 0 aromatic rings. The number of amides is 1. The zero-order chi connectivity index (χ0) is 48.6. The predicted octanol–water partition coefficient (Wildman–Crippen LogP) is 17.7. The highest BCUT2D eigenvalue weighted by atomic mass is 32.2. The van der Waals surface area contributed by atoms with Gasteiger partial charge in [0.05, 0.1) is 6.04 Å². The van der Waals surface area contributed by atoms with Crippen molar-refractivity contribution >= 4 is 35.4 Å². The number of ether oxygens (including phenoxy) is 2. The van der Waals surface area contributed by atoms with Crippen LogP contribution >= 0.6 is 11.8 Å². The molecule has 0 unspecified atom stereocenters. The first kappa shape index (κ1) is 64.4. The van der Waals surface area contributed by atoms with Gasteiger partial charge < -0.3 is 14.8 Å². The van der Waals surface area contributed by atoms with E-state index in [1.54, 1.807) is 0 Å². The number of hydrogen-bond acceptors (Lipinski definition) is 7. The maximum absolute atomic E-state index is 13.5. The summed E-state index contributed by atoms with van der Waals surface area (Å²) in [4.78, 5) is 52.5. The molecule has 7 nitrogen and oxygen atoms in total. The van der Waals surface area contributed by atoms with E-state index in [1.165, 1.54) is 204 Å². The van der Waals surface area contributed by atoms with Crippen LogP contribution in [-0.2, 0) is 28.7 Å². The monoisotopic (exact) mass is 950 g/mol. The predicted molar refractivity (Wildman–Crippen MR) is 285 cm³/mol. The van der Waals surface area contributed by atoms with Crippen molar-refractivity contribution in [2.75, 3.05) is 18.1 Å². The number of esters is 2. The van der Waals surface area contributed by atoms with Crippen molar-refractivity contribution in [3.05, 3.63) is 0 Å². The Balaban J connectivity index is 4.87. The van der Waals surface area contributed by atoms with Crippen LogP contribution in [0.25, 0.3) is 0 Å². The molecule has 0 bridgehead atoms. The lowest BCUT2D eigenvalue weighted by Crippen LogP contribution is -2.47. The van der Waals surface area contributed by atoms with Gasteiger partial charge in [-0.15, -0.1) is 0 Å². The Labute approximate surface area is 414 Å². The van der Waals surface area contributed by atoms with E-state index in [1.807, 2.05) is 20.8 Å². The first-order chi connectivity index (χ1) is 32.0. The van der Waals surface area contributed by atoms with E-state index in [2.05, 4.69) is 26.1 Å². The van der Waals surface area contributed by atoms with E-state index < -0.39 is 17.6 Å². The van der Waals surface area contributed by atoms with Gasteiger partial charge in [0, 0.05) is 36.2 Å². The van der Waals surface area contributed by atoms with Crippen LogP contribution in [0.5, 0.6) is 0 Å². The van der Waals surface area contributed by atoms with Crippen LogP contribution in [0.2, 0.25) is 0 Å². The zero-order valence-corrected chi connectivity index (χ0v) is 45.6. The van der Waals surface area contributed by atoms with Crippen molar-refractivity contribution in [3.8, 4) is 0 Å². The Bertz CT molecular complexity index is 1110. The number of hydrogen-bond donors (Lipinski definition) is 1. The molecule has 0 aromatic heterocycles. The summed E-state index contributed by atoms with van der Waals surface area (Å²) < 4.78 is 11.6. The minimum atomic E-state index is -0.635. The van der Waals surface area contributed by atoms with Crippen LogP contribution in [0.3, 0.4) is 0 Å². The average molecular weight is 951 g/mol. The lowest BCUT2D eigenvalue weighted by molar-refractivity contribution is -0.157. The van der Waals surface area contributed by atoms with Crippen LogP contribution in [0, 0.1) is 5.41 Å². The summed E-state index contributed by atoms with van der Waals surface area (Å²) in [7, 11) is 0. The number of thioether (sulfide) groups is 1. The molecule has 0 heterocycles. The van der Waals surface area contributed by atoms with Crippen LogP contribution < -0.4 is 5.32 Å². The van der Waals surface area contributed by atoms with Crippen LogP contribution in [-0.4, -0.2) is 53.9 Å². The Morgan fingerprint density at radius 3 is 1.05 bits per heavy atom. The third-order valence-electron chi connectivity index (χ3n) is 13.2. The second-order valence-electron chi connectivity index (χ2n) is 21.0. The summed E-state index contributed by atoms with van der Waals surface area (Å²) in [5, 5.41) is 3.06. The van der Waals surface area contributed by atoms with E-state index in [0.717, 1.165) is 57.8 Å². The molecule has 0 aliphatic heterocycles. The molecule has 1 amide bonds. The number of Topliss-reactive ketones (excluding diaryl/α,β-unsaturated/α-hetero) is 1. The van der Waals surface area contributed by atoms with Crippen molar-refractivity contribution in [2.45, 2.75) is 323 Å². The molecule has 390 valence electrons. The van der Waals surface area contributed by atoms with Crippen molar-refractivity contribution in [1.29, 1.82) is 0 Å². The van der Waals surface area contributed by atoms with Crippen molar-refractivity contribution in [1.82, 2.24) is 5.32 Å². The number of rotatable bonds is 51. The minimum absolute atomic E-state index is 0.00565. The fraction of sp³-hybridized carbons (Fsp3) is 0.931. The molecule has 0 spiro atoms. The van der Waals surface area contributed by atoms with E-state index in [4.69, 9.17) is 9.47 Å². The molecule has 0 saturated carbocycles. The van der Waals surface area contributed by atoms with E-state index in [9.17, 15) is 19.2 Å². The van der Waals surface area contributed by atoms with Gasteiger partial charge in [-0.05, 0) is 19.3 Å². The lowest BCUT2D eigenvalue weighted by atomic mass is 9.87. The van der Waals surface area contributed by atoms with Crippen molar-refractivity contribution in [3.63, 3.8) is 0 Å². The lowest BCUT2D eigenvalue weighted by Gasteiger charge is -2.26. The summed E-state index contributed by atoms with van der Waals surface area (Å²) in [5.41, 5.74) is -0.614. The first-order valence-corrected chi connectivity index (χ1v) is 30.0. The Hall–Kier alpha value is -1.57. The molecular formula is C58H111NO6S. The standard InChI is InChI=1S/C58H111NO6S/c1-7-10-13-16-19-22-25-28-31-34-37-40-43-46-54(60)59-53(57(63)58(4,5)6)51-66-50-52(65-56(62)48-45-42-39-36-33-30-27-24-21-18-15-12-9-3)49-64-55(61)47-44-41-38-35-32-29-26-23-20-17-14-11-8-2/h52-53H,7-51H2,1-6H3,(H,59,60)/t52-,53-/m0/s1. The molecule has 0 aliphatic carbocycles. The van der Waals surface area contributed by atoms with Crippen molar-refractivity contribution < 1.29 is 28.7 Å². The molecular weight excluding hydrogens is 839 g/mol. The third-order valence-corrected chi connectivity index (χ3v) is 14.4. The van der Waals surface area contributed by atoms with Gasteiger partial charge in [0.25, 0.3) is 0 Å². The SMILES string of the molecule is CCCCCCCCCCCCCCCC(=O)N[C@@H](CSC[C@H](COC(=O)CCCCCCCCCCCCCCC)OC(=O)CCCCCCCCCCCCCCC)C(=O)C(C)(C)C. The van der Waals surface area contributed by atoms with Crippen molar-refractivity contribution in [2.24, 2.45) is 5.41 Å². The van der Waals surface area contributed by atoms with Gasteiger partial charge >= 0.3 is 11.9 Å². The Morgan fingerprint density at radius 2 is 0.712 bits per heavy atom. The first-order valence-electron chi connectivity index (χ1n) is 28.8. The van der Waals surface area contributed by atoms with Crippen LogP contribution in [0.1, 0.15) is 311 Å². The topological polar surface area (TPSA) is 98.8 Å². The molecule has 8 heteroatoms. The molecule has 0 aromatic carbocycles. The van der Waals surface area contributed by atoms with Gasteiger partial charge in [-0.2, -0.15) is 11.8 Å². The molecule has 1 N–H and O–H groups in total. The highest BCUT2D eigenvalue weighted by Crippen LogP contribution is 2.22. The second-order valence-corrected chi connectivity index (χ2v) is 22.1. The number of ketones is 1. The second kappa shape index (κ2) is 48.5. The van der Waals surface area contributed by atoms with Gasteiger partial charge in [0.15, 0.2) is 5.78 Å². The number of carbonyl (C=O) groups excluding carboxylic acids is 4. The van der Waals surface area contributed by atoms with Gasteiger partial charge in [-0.25, -0.2) is 0 Å². The molecule has 66 heavy (non-hydrogen) atoms. The summed E-state index contributed by atoms with van der Waals surface area (Å²) in [6.45, 7) is 12.5. The fourth-order valence-electron chi connectivity index (χ4n) is 8.79. The summed E-state index contributed by atoms with van der Waals surface area (Å²) in [6.07, 6.45) is 49.3. The van der Waals surface area contributed by atoms with E-state index in [-0.39, 0.29) is 30.2 Å². The fourth-order valence-corrected chi connectivity index (χ4v) is 9.82. The molecule has 0 rings (SSSR count). The molecule has 0 fully saturated rings. The maximum atomic E-state index is 13.5. The largest absolute Gasteiger partial charge is 0.462 e. The van der Waals surface area contributed by atoms with Gasteiger partial charge in [0.1, 0.15) is 12.7 Å². The highest BCUT2D eigenvalue weighted by Gasteiger charge is 2.31. The number of nitrogens with one attached hydrogen (secondary N) is 1. The Kier molecular flexibility index (Phi) is 47.3. The molecule has 0 radical (unpaired) electrons. The number of carbonyl (C=O) groups is 4. The van der Waals surface area contributed by atoms with Crippen LogP contribution in [0.15, 0.2) is 0 Å². The van der Waals surface area contributed by atoms with Gasteiger partial charge in [-0.3, -0.25) is 19.2 Å². The van der Waals surface area contributed by atoms with Gasteiger partial charge in [0.2, 0.25) is 5.91 Å². The third kappa shape index (κ3) is 44.9.